The Morgan fingerprint density at radius 1 is 1.05 bits per heavy atom. The number of carbonyl (C=O) groups is 1. The van der Waals surface area contributed by atoms with Gasteiger partial charge in [-0.05, 0) is 17.7 Å². The molecule has 2 aromatic carbocycles. The second-order valence-electron chi connectivity index (χ2n) is 4.32. The van der Waals surface area contributed by atoms with Gasteiger partial charge in [0.25, 0.3) is 0 Å². The van der Waals surface area contributed by atoms with Crippen molar-refractivity contribution < 1.29 is 14.3 Å². The number of ether oxygens (including phenoxy) is 2. The molecule has 1 atom stereocenters. The molecule has 20 heavy (non-hydrogen) atoms. The largest absolute Gasteiger partial charge is 0.497 e. The van der Waals surface area contributed by atoms with Gasteiger partial charge in [0, 0.05) is 6.07 Å². The zero-order valence-electron chi connectivity index (χ0n) is 11.5. The Hall–Kier alpha value is -2.33. The van der Waals surface area contributed by atoms with Crippen molar-refractivity contribution in [3.63, 3.8) is 0 Å². The van der Waals surface area contributed by atoms with Crippen molar-refractivity contribution in [2.75, 3.05) is 14.2 Å². The summed E-state index contributed by atoms with van der Waals surface area (Å²) in [6.45, 7) is 0. The molecule has 0 aliphatic rings. The first-order chi connectivity index (χ1) is 9.67. The van der Waals surface area contributed by atoms with E-state index in [0.717, 1.165) is 5.56 Å². The minimum atomic E-state index is -0.710. The van der Waals surface area contributed by atoms with E-state index >= 15 is 0 Å². The van der Waals surface area contributed by atoms with Gasteiger partial charge in [-0.15, -0.1) is 0 Å². The van der Waals surface area contributed by atoms with Crippen LogP contribution in [0.3, 0.4) is 0 Å². The molecule has 4 heteroatoms. The number of ketones is 1. The highest BCUT2D eigenvalue weighted by atomic mass is 16.5. The molecule has 0 aliphatic heterocycles. The number of carbonyl (C=O) groups excluding carboxylic acids is 1. The number of nitrogens with two attached hydrogens (primary N) is 1. The van der Waals surface area contributed by atoms with Gasteiger partial charge < -0.3 is 15.2 Å². The van der Waals surface area contributed by atoms with Crippen LogP contribution < -0.4 is 15.2 Å². The summed E-state index contributed by atoms with van der Waals surface area (Å²) in [4.78, 5) is 12.5. The van der Waals surface area contributed by atoms with Gasteiger partial charge in [0.15, 0.2) is 5.78 Å². The third kappa shape index (κ3) is 2.81. The van der Waals surface area contributed by atoms with E-state index in [1.165, 1.54) is 7.11 Å². The van der Waals surface area contributed by atoms with Crippen LogP contribution in [-0.4, -0.2) is 20.0 Å². The zero-order valence-corrected chi connectivity index (χ0v) is 11.5. The topological polar surface area (TPSA) is 61.5 Å². The van der Waals surface area contributed by atoms with E-state index in [2.05, 4.69) is 0 Å². The number of benzene rings is 2. The predicted octanol–water partition coefficient (Wildman–Crippen LogP) is 2.59. The summed E-state index contributed by atoms with van der Waals surface area (Å²) >= 11 is 0. The Morgan fingerprint density at radius 3 is 2.35 bits per heavy atom. The number of Topliss-reactive ketones (excluding diaryl/α,β-unsaturated/α-hetero) is 1. The fourth-order valence-electron chi connectivity index (χ4n) is 1.98. The summed E-state index contributed by atoms with van der Waals surface area (Å²) in [5.74, 6) is 0.906. The van der Waals surface area contributed by atoms with Crippen LogP contribution in [0.1, 0.15) is 22.0 Å². The number of methoxy groups -OCH3 is 2. The standard InChI is InChI=1S/C16H17NO3/c1-19-12-8-9-13(14(10-12)20-2)16(18)15(17)11-6-4-3-5-7-11/h3-10,15H,17H2,1-2H3. The lowest BCUT2D eigenvalue weighted by Gasteiger charge is -2.14. The van der Waals surface area contributed by atoms with Crippen LogP contribution in [0.15, 0.2) is 48.5 Å². The van der Waals surface area contributed by atoms with Gasteiger partial charge in [0.05, 0.1) is 25.8 Å². The first kappa shape index (κ1) is 14.1. The Bertz CT molecular complexity index is 596. The van der Waals surface area contributed by atoms with Crippen LogP contribution in [0.5, 0.6) is 11.5 Å². The fourth-order valence-corrected chi connectivity index (χ4v) is 1.98. The molecule has 0 saturated heterocycles. The minimum absolute atomic E-state index is 0.185. The quantitative estimate of drug-likeness (QED) is 0.849. The van der Waals surface area contributed by atoms with Crippen LogP contribution in [0.4, 0.5) is 0 Å². The first-order valence-electron chi connectivity index (χ1n) is 6.24. The van der Waals surface area contributed by atoms with Crippen molar-refractivity contribution >= 4 is 5.78 Å². The Labute approximate surface area is 118 Å². The van der Waals surface area contributed by atoms with E-state index in [9.17, 15) is 4.79 Å². The Morgan fingerprint density at radius 2 is 1.75 bits per heavy atom. The van der Waals surface area contributed by atoms with E-state index in [1.807, 2.05) is 30.3 Å². The normalized spacial score (nSPS) is 11.8. The summed E-state index contributed by atoms with van der Waals surface area (Å²) in [5, 5.41) is 0. The number of hydrogen-bond donors (Lipinski definition) is 1. The summed E-state index contributed by atoms with van der Waals surface area (Å²) in [7, 11) is 3.07. The lowest BCUT2D eigenvalue weighted by atomic mass is 9.97. The van der Waals surface area contributed by atoms with E-state index in [1.54, 1.807) is 25.3 Å². The molecule has 0 spiro atoms. The summed E-state index contributed by atoms with van der Waals surface area (Å²) in [6.07, 6.45) is 0. The molecule has 104 valence electrons. The average molecular weight is 271 g/mol. The second-order valence-corrected chi connectivity index (χ2v) is 4.32. The predicted molar refractivity (Wildman–Crippen MR) is 77.2 cm³/mol. The summed E-state index contributed by atoms with van der Waals surface area (Å²) < 4.78 is 10.4. The molecule has 2 N–H and O–H groups in total. The molecule has 0 heterocycles. The summed E-state index contributed by atoms with van der Waals surface area (Å²) in [5.41, 5.74) is 7.25. The molecule has 4 nitrogen and oxygen atoms in total. The van der Waals surface area contributed by atoms with Crippen LogP contribution in [-0.2, 0) is 0 Å². The maximum atomic E-state index is 12.5. The third-order valence-electron chi connectivity index (χ3n) is 3.12. The molecule has 0 amide bonds. The highest BCUT2D eigenvalue weighted by Crippen LogP contribution is 2.28. The second kappa shape index (κ2) is 6.21. The maximum absolute atomic E-state index is 12.5. The monoisotopic (exact) mass is 271 g/mol. The number of hydrogen-bond acceptors (Lipinski definition) is 4. The molecular weight excluding hydrogens is 254 g/mol. The smallest absolute Gasteiger partial charge is 0.187 e. The van der Waals surface area contributed by atoms with Crippen molar-refractivity contribution in [2.45, 2.75) is 6.04 Å². The highest BCUT2D eigenvalue weighted by Gasteiger charge is 2.21. The fraction of sp³-hybridized carbons (Fsp3) is 0.188. The Balaban J connectivity index is 2.33. The van der Waals surface area contributed by atoms with Crippen molar-refractivity contribution in [2.24, 2.45) is 5.73 Å². The third-order valence-corrected chi connectivity index (χ3v) is 3.12. The van der Waals surface area contributed by atoms with E-state index in [-0.39, 0.29) is 5.78 Å². The van der Waals surface area contributed by atoms with Crippen LogP contribution in [0, 0.1) is 0 Å². The van der Waals surface area contributed by atoms with Gasteiger partial charge in [-0.25, -0.2) is 0 Å². The first-order valence-corrected chi connectivity index (χ1v) is 6.24. The molecule has 1 unspecified atom stereocenters. The van der Waals surface area contributed by atoms with Crippen LogP contribution in [0.25, 0.3) is 0 Å². The van der Waals surface area contributed by atoms with Gasteiger partial charge >= 0.3 is 0 Å². The van der Waals surface area contributed by atoms with Crippen molar-refractivity contribution in [3.8, 4) is 11.5 Å². The summed E-state index contributed by atoms with van der Waals surface area (Å²) in [6, 6.07) is 13.6. The van der Waals surface area contributed by atoms with Crippen molar-refractivity contribution in [1.29, 1.82) is 0 Å². The Kier molecular flexibility index (Phi) is 4.38. The highest BCUT2D eigenvalue weighted by molar-refractivity contribution is 6.02. The molecule has 2 rings (SSSR count). The number of rotatable bonds is 5. The van der Waals surface area contributed by atoms with Gasteiger partial charge in [-0.3, -0.25) is 4.79 Å². The van der Waals surface area contributed by atoms with Crippen LogP contribution in [0.2, 0.25) is 0 Å². The van der Waals surface area contributed by atoms with Gasteiger partial charge in [-0.1, -0.05) is 30.3 Å². The minimum Gasteiger partial charge on any atom is -0.497 e. The maximum Gasteiger partial charge on any atom is 0.187 e. The molecule has 0 aliphatic carbocycles. The van der Waals surface area contributed by atoms with Crippen molar-refractivity contribution in [1.82, 2.24) is 0 Å². The lowest BCUT2D eigenvalue weighted by Crippen LogP contribution is -2.22. The molecule has 2 aromatic rings. The van der Waals surface area contributed by atoms with E-state index in [0.29, 0.717) is 17.1 Å². The molecule has 0 radical (unpaired) electrons. The van der Waals surface area contributed by atoms with E-state index in [4.69, 9.17) is 15.2 Å². The van der Waals surface area contributed by atoms with Gasteiger partial charge in [0.1, 0.15) is 11.5 Å². The molecule has 0 bridgehead atoms. The SMILES string of the molecule is COc1ccc(C(=O)C(N)c2ccccc2)c(OC)c1. The zero-order chi connectivity index (χ0) is 14.5. The van der Waals surface area contributed by atoms with Gasteiger partial charge in [0.2, 0.25) is 0 Å². The van der Waals surface area contributed by atoms with Crippen LogP contribution >= 0.6 is 0 Å². The van der Waals surface area contributed by atoms with Crippen molar-refractivity contribution in [3.05, 3.63) is 59.7 Å². The molecular formula is C16H17NO3. The molecule has 0 aromatic heterocycles. The molecule has 0 saturated carbocycles. The van der Waals surface area contributed by atoms with Gasteiger partial charge in [-0.2, -0.15) is 0 Å². The average Bonchev–Trinajstić information content (AvgIpc) is 2.53. The van der Waals surface area contributed by atoms with E-state index < -0.39 is 6.04 Å². The lowest BCUT2D eigenvalue weighted by molar-refractivity contribution is 0.0958. The molecule has 0 fully saturated rings.